The van der Waals surface area contributed by atoms with Crippen molar-refractivity contribution in [2.45, 2.75) is 32.0 Å². The molecule has 27 heavy (non-hydrogen) atoms. The summed E-state index contributed by atoms with van der Waals surface area (Å²) in [5.41, 5.74) is 7.57. The molecule has 148 valence electrons. The van der Waals surface area contributed by atoms with Crippen molar-refractivity contribution in [1.82, 2.24) is 4.98 Å². The van der Waals surface area contributed by atoms with Crippen LogP contribution in [0.2, 0.25) is 0 Å². The number of ether oxygens (including phenoxy) is 1. The number of halogens is 4. The Kier molecular flexibility index (Phi) is 8.52. The van der Waals surface area contributed by atoms with Gasteiger partial charge in [-0.15, -0.1) is 12.4 Å². The summed E-state index contributed by atoms with van der Waals surface area (Å²) in [6, 6.07) is 7.99. The lowest BCUT2D eigenvalue weighted by atomic mass is 10.0. The molecular weight excluding hydrogens is 383 g/mol. The zero-order valence-corrected chi connectivity index (χ0v) is 15.4. The van der Waals surface area contributed by atoms with Gasteiger partial charge in [0.05, 0.1) is 5.69 Å². The van der Waals surface area contributed by atoms with E-state index in [-0.39, 0.29) is 36.3 Å². The normalized spacial score (nSPS) is 12.0. The fourth-order valence-electron chi connectivity index (χ4n) is 2.30. The summed E-state index contributed by atoms with van der Waals surface area (Å²) in [5.74, 6) is -0.434. The van der Waals surface area contributed by atoms with E-state index in [1.165, 1.54) is 6.07 Å². The molecule has 0 spiro atoms. The lowest BCUT2D eigenvalue weighted by Gasteiger charge is -2.16. The van der Waals surface area contributed by atoms with Gasteiger partial charge in [0.15, 0.2) is 6.61 Å². The van der Waals surface area contributed by atoms with Gasteiger partial charge in [0.2, 0.25) is 5.91 Å². The number of rotatable bonds is 7. The Labute approximate surface area is 161 Å². The van der Waals surface area contributed by atoms with Gasteiger partial charge in [0.1, 0.15) is 5.75 Å². The van der Waals surface area contributed by atoms with Crippen molar-refractivity contribution < 1.29 is 22.7 Å². The van der Waals surface area contributed by atoms with Crippen LogP contribution in [0.3, 0.4) is 0 Å². The maximum absolute atomic E-state index is 12.4. The zero-order chi connectivity index (χ0) is 19.2. The molecule has 1 atom stereocenters. The highest BCUT2D eigenvalue weighted by atomic mass is 35.5. The lowest BCUT2D eigenvalue weighted by molar-refractivity contribution is -0.153. The van der Waals surface area contributed by atoms with Crippen molar-refractivity contribution in [2.24, 2.45) is 5.73 Å². The topological polar surface area (TPSA) is 77.2 Å². The van der Waals surface area contributed by atoms with E-state index in [4.69, 9.17) is 10.5 Å². The minimum atomic E-state index is -4.47. The molecule has 0 saturated carbocycles. The summed E-state index contributed by atoms with van der Waals surface area (Å²) in [6.07, 6.45) is -0.572. The minimum Gasteiger partial charge on any atom is -0.482 e. The van der Waals surface area contributed by atoms with Crippen molar-refractivity contribution in [3.05, 3.63) is 53.9 Å². The highest BCUT2D eigenvalue weighted by Gasteiger charge is 2.29. The van der Waals surface area contributed by atoms with E-state index < -0.39 is 18.7 Å². The number of hydrogen-bond donors (Lipinski definition) is 2. The van der Waals surface area contributed by atoms with Gasteiger partial charge >= 0.3 is 6.18 Å². The van der Waals surface area contributed by atoms with Crippen LogP contribution in [0.4, 0.5) is 18.9 Å². The number of pyridine rings is 1. The molecule has 0 fully saturated rings. The highest BCUT2D eigenvalue weighted by Crippen LogP contribution is 2.29. The number of nitrogens with zero attached hydrogens (tertiary/aromatic N) is 1. The Hall–Kier alpha value is -2.32. The maximum atomic E-state index is 12.4. The number of benzene rings is 1. The molecule has 1 unspecified atom stereocenters. The van der Waals surface area contributed by atoms with Crippen molar-refractivity contribution in [3.63, 3.8) is 0 Å². The van der Waals surface area contributed by atoms with Crippen molar-refractivity contribution in [3.8, 4) is 5.75 Å². The average molecular weight is 404 g/mol. The van der Waals surface area contributed by atoms with Crippen molar-refractivity contribution in [2.75, 3.05) is 11.9 Å². The SMILES string of the molecule is CC(N)CC(=O)Nc1cc(Cc2ccncc2)ccc1OCC(F)(F)F.Cl. The summed E-state index contributed by atoms with van der Waals surface area (Å²) in [6.45, 7) is 0.230. The number of alkyl halides is 3. The van der Waals surface area contributed by atoms with Gasteiger partial charge in [0.25, 0.3) is 0 Å². The number of carbonyl (C=O) groups excluding carboxylic acids is 1. The third-order valence-electron chi connectivity index (χ3n) is 3.37. The average Bonchev–Trinajstić information content (AvgIpc) is 2.53. The van der Waals surface area contributed by atoms with Gasteiger partial charge in [0, 0.05) is 24.9 Å². The predicted octanol–water partition coefficient (Wildman–Crippen LogP) is 3.71. The van der Waals surface area contributed by atoms with Crippen LogP contribution >= 0.6 is 12.4 Å². The van der Waals surface area contributed by atoms with E-state index in [1.807, 2.05) is 12.1 Å². The molecule has 9 heteroatoms. The van der Waals surface area contributed by atoms with Gasteiger partial charge in [-0.1, -0.05) is 6.07 Å². The molecule has 0 bridgehead atoms. The number of amides is 1. The molecule has 0 aliphatic carbocycles. The molecule has 2 rings (SSSR count). The molecule has 0 radical (unpaired) electrons. The quantitative estimate of drug-likeness (QED) is 0.738. The Bertz CT molecular complexity index is 740. The number of nitrogens with two attached hydrogens (primary N) is 1. The van der Waals surface area contributed by atoms with Crippen molar-refractivity contribution in [1.29, 1.82) is 0 Å². The number of carbonyl (C=O) groups is 1. The van der Waals surface area contributed by atoms with Crippen molar-refractivity contribution >= 4 is 24.0 Å². The van der Waals surface area contributed by atoms with E-state index in [9.17, 15) is 18.0 Å². The zero-order valence-electron chi connectivity index (χ0n) is 14.6. The molecule has 0 saturated heterocycles. The first-order valence-electron chi connectivity index (χ1n) is 8.00. The smallest absolute Gasteiger partial charge is 0.422 e. The molecule has 0 aliphatic rings. The summed E-state index contributed by atoms with van der Waals surface area (Å²) < 4.78 is 42.2. The van der Waals surface area contributed by atoms with Crippen LogP contribution in [-0.4, -0.2) is 29.7 Å². The van der Waals surface area contributed by atoms with Gasteiger partial charge in [-0.25, -0.2) is 0 Å². The van der Waals surface area contributed by atoms with Gasteiger partial charge in [-0.3, -0.25) is 9.78 Å². The molecule has 1 amide bonds. The number of hydrogen-bond acceptors (Lipinski definition) is 4. The van der Waals surface area contributed by atoms with E-state index in [1.54, 1.807) is 31.5 Å². The molecule has 1 aromatic heterocycles. The second kappa shape index (κ2) is 10.1. The Balaban J connectivity index is 0.00000364. The second-order valence-electron chi connectivity index (χ2n) is 6.00. The van der Waals surface area contributed by atoms with Crippen LogP contribution in [0.15, 0.2) is 42.7 Å². The summed E-state index contributed by atoms with van der Waals surface area (Å²) in [5, 5.41) is 2.58. The van der Waals surface area contributed by atoms with Gasteiger partial charge in [-0.2, -0.15) is 13.2 Å². The lowest BCUT2D eigenvalue weighted by Crippen LogP contribution is -2.24. The monoisotopic (exact) mass is 403 g/mol. The third kappa shape index (κ3) is 8.27. The van der Waals surface area contributed by atoms with E-state index >= 15 is 0 Å². The Morgan fingerprint density at radius 3 is 2.48 bits per heavy atom. The molecular formula is C18H21ClF3N3O2. The molecule has 2 aromatic rings. The summed E-state index contributed by atoms with van der Waals surface area (Å²) >= 11 is 0. The van der Waals surface area contributed by atoms with Crippen LogP contribution in [0, 0.1) is 0 Å². The predicted molar refractivity (Wildman–Crippen MR) is 99.2 cm³/mol. The van der Waals surface area contributed by atoms with Crippen LogP contribution in [0.1, 0.15) is 24.5 Å². The Morgan fingerprint density at radius 1 is 1.22 bits per heavy atom. The molecule has 0 aliphatic heterocycles. The third-order valence-corrected chi connectivity index (χ3v) is 3.37. The molecule has 1 heterocycles. The fourth-order valence-corrected chi connectivity index (χ4v) is 2.30. The molecule has 5 nitrogen and oxygen atoms in total. The first kappa shape index (κ1) is 22.7. The fraction of sp³-hybridized carbons (Fsp3) is 0.333. The summed E-state index contributed by atoms with van der Waals surface area (Å²) in [7, 11) is 0. The van der Waals surface area contributed by atoms with Crippen LogP contribution in [0.5, 0.6) is 5.75 Å². The van der Waals surface area contributed by atoms with E-state index in [2.05, 4.69) is 10.3 Å². The largest absolute Gasteiger partial charge is 0.482 e. The van der Waals surface area contributed by atoms with E-state index in [0.29, 0.717) is 6.42 Å². The first-order chi connectivity index (χ1) is 12.2. The first-order valence-corrected chi connectivity index (χ1v) is 8.00. The minimum absolute atomic E-state index is 0. The summed E-state index contributed by atoms with van der Waals surface area (Å²) in [4.78, 5) is 15.9. The van der Waals surface area contributed by atoms with Crippen LogP contribution in [-0.2, 0) is 11.2 Å². The number of aromatic nitrogens is 1. The standard InChI is InChI=1S/C18H20F3N3O2.ClH/c1-12(22)8-17(25)24-15-10-14(9-13-4-6-23-7-5-13)2-3-16(15)26-11-18(19,20)21;/h2-7,10,12H,8-9,11,22H2,1H3,(H,24,25);1H. The molecule has 1 aromatic carbocycles. The Morgan fingerprint density at radius 2 is 1.89 bits per heavy atom. The van der Waals surface area contributed by atoms with Gasteiger partial charge in [-0.05, 0) is 48.7 Å². The van der Waals surface area contributed by atoms with Crippen LogP contribution in [0.25, 0.3) is 0 Å². The van der Waals surface area contributed by atoms with E-state index in [0.717, 1.165) is 11.1 Å². The second-order valence-corrected chi connectivity index (χ2v) is 6.00. The van der Waals surface area contributed by atoms with Crippen LogP contribution < -0.4 is 15.8 Å². The number of anilines is 1. The number of nitrogens with one attached hydrogen (secondary N) is 1. The molecule has 3 N–H and O–H groups in total. The highest BCUT2D eigenvalue weighted by molar-refractivity contribution is 5.92. The maximum Gasteiger partial charge on any atom is 0.422 e. The van der Waals surface area contributed by atoms with Gasteiger partial charge < -0.3 is 15.8 Å².